The lowest BCUT2D eigenvalue weighted by molar-refractivity contribution is 0.0979. The highest BCUT2D eigenvalue weighted by atomic mass is 35.5. The molecule has 0 aliphatic heterocycles. The van der Waals surface area contributed by atoms with E-state index in [1.165, 1.54) is 6.33 Å². The predicted molar refractivity (Wildman–Crippen MR) is 91.1 cm³/mol. The summed E-state index contributed by atoms with van der Waals surface area (Å²) in [6, 6.07) is 12.1. The van der Waals surface area contributed by atoms with Gasteiger partial charge < -0.3 is 4.57 Å². The highest BCUT2D eigenvalue weighted by molar-refractivity contribution is 6.40. The second kappa shape index (κ2) is 5.58. The van der Waals surface area contributed by atoms with Crippen LogP contribution in [0.1, 0.15) is 37.4 Å². The molecular weight excluding hydrogens is 347 g/mol. The lowest BCUT2D eigenvalue weighted by Crippen LogP contribution is -2.21. The van der Waals surface area contributed by atoms with Gasteiger partial charge in [0.2, 0.25) is 0 Å². The van der Waals surface area contributed by atoms with Crippen molar-refractivity contribution < 1.29 is 9.59 Å². The minimum Gasteiger partial charge on any atom is -0.316 e. The van der Waals surface area contributed by atoms with Gasteiger partial charge in [-0.1, -0.05) is 53.5 Å². The van der Waals surface area contributed by atoms with Crippen LogP contribution in [0.4, 0.5) is 0 Å². The van der Waals surface area contributed by atoms with Gasteiger partial charge in [0.1, 0.15) is 5.15 Å². The van der Waals surface area contributed by atoms with Crippen LogP contribution in [0.3, 0.4) is 0 Å². The van der Waals surface area contributed by atoms with Crippen LogP contribution in [-0.2, 0) is 6.54 Å². The highest BCUT2D eigenvalue weighted by Gasteiger charge is 2.29. The average Bonchev–Trinajstić information content (AvgIpc) is 2.92. The summed E-state index contributed by atoms with van der Waals surface area (Å²) in [5, 5.41) is 0.567. The number of aromatic nitrogens is 2. The van der Waals surface area contributed by atoms with E-state index >= 15 is 0 Å². The standard InChI is InChI=1S/C18H10Cl2N2O2/c19-17-18(20)22(9-21-17)8-10-5-6-13-14(7-10)16(24)12-4-2-1-3-11(12)15(13)23/h1-7,9H,8H2. The molecule has 24 heavy (non-hydrogen) atoms. The van der Waals surface area contributed by atoms with E-state index in [0.717, 1.165) is 5.56 Å². The van der Waals surface area contributed by atoms with Crippen LogP contribution >= 0.6 is 23.2 Å². The lowest BCUT2D eigenvalue weighted by atomic mass is 9.83. The number of ketones is 2. The fraction of sp³-hybridized carbons (Fsp3) is 0.0556. The van der Waals surface area contributed by atoms with Gasteiger partial charge in [-0.15, -0.1) is 0 Å². The van der Waals surface area contributed by atoms with E-state index in [1.54, 1.807) is 41.0 Å². The predicted octanol–water partition coefficient (Wildman–Crippen LogP) is 4.01. The topological polar surface area (TPSA) is 52.0 Å². The van der Waals surface area contributed by atoms with Gasteiger partial charge in [0.25, 0.3) is 0 Å². The van der Waals surface area contributed by atoms with Crippen molar-refractivity contribution in [2.75, 3.05) is 0 Å². The number of hydrogen-bond acceptors (Lipinski definition) is 3. The number of carbonyl (C=O) groups is 2. The number of halogens is 2. The number of benzene rings is 2. The van der Waals surface area contributed by atoms with Crippen LogP contribution < -0.4 is 0 Å². The number of hydrogen-bond donors (Lipinski definition) is 0. The summed E-state index contributed by atoms with van der Waals surface area (Å²) in [4.78, 5) is 29.2. The third-order valence-corrected chi connectivity index (χ3v) is 4.84. The van der Waals surface area contributed by atoms with E-state index in [4.69, 9.17) is 23.2 Å². The molecule has 0 saturated heterocycles. The Labute approximate surface area is 147 Å². The highest BCUT2D eigenvalue weighted by Crippen LogP contribution is 2.28. The third kappa shape index (κ3) is 2.27. The molecule has 4 rings (SSSR count). The van der Waals surface area contributed by atoms with Crippen LogP contribution in [0.25, 0.3) is 0 Å². The molecule has 0 bridgehead atoms. The molecule has 0 atom stereocenters. The summed E-state index contributed by atoms with van der Waals surface area (Å²) >= 11 is 11.9. The zero-order valence-corrected chi connectivity index (χ0v) is 13.8. The molecule has 118 valence electrons. The monoisotopic (exact) mass is 356 g/mol. The Morgan fingerprint density at radius 3 is 2.12 bits per heavy atom. The van der Waals surface area contributed by atoms with E-state index in [0.29, 0.717) is 34.0 Å². The van der Waals surface area contributed by atoms with E-state index in [-0.39, 0.29) is 16.7 Å². The van der Waals surface area contributed by atoms with Gasteiger partial charge >= 0.3 is 0 Å². The molecule has 1 aromatic heterocycles. The molecule has 0 amide bonds. The van der Waals surface area contributed by atoms with Crippen molar-refractivity contribution in [3.63, 3.8) is 0 Å². The van der Waals surface area contributed by atoms with Crippen LogP contribution in [0.2, 0.25) is 10.3 Å². The molecule has 2 aromatic carbocycles. The zero-order valence-electron chi connectivity index (χ0n) is 12.3. The van der Waals surface area contributed by atoms with Gasteiger partial charge in [0.05, 0.1) is 6.33 Å². The first-order valence-corrected chi connectivity index (χ1v) is 7.99. The second-order valence-electron chi connectivity index (χ2n) is 5.54. The summed E-state index contributed by atoms with van der Waals surface area (Å²) in [5.41, 5.74) is 2.57. The number of nitrogens with zero attached hydrogens (tertiary/aromatic N) is 2. The van der Waals surface area contributed by atoms with Crippen molar-refractivity contribution in [2.24, 2.45) is 0 Å². The Morgan fingerprint density at radius 2 is 1.50 bits per heavy atom. The van der Waals surface area contributed by atoms with E-state index in [1.807, 2.05) is 6.07 Å². The Kier molecular flexibility index (Phi) is 3.52. The molecule has 0 radical (unpaired) electrons. The quantitative estimate of drug-likeness (QED) is 0.545. The number of carbonyl (C=O) groups excluding carboxylic acids is 2. The molecule has 1 heterocycles. The zero-order chi connectivity index (χ0) is 16.8. The van der Waals surface area contributed by atoms with Crippen LogP contribution in [0.5, 0.6) is 0 Å². The lowest BCUT2D eigenvalue weighted by Gasteiger charge is -2.18. The Hall–Kier alpha value is -2.43. The summed E-state index contributed by atoms with van der Waals surface area (Å²) in [5.74, 6) is -0.271. The minimum atomic E-state index is -0.142. The second-order valence-corrected chi connectivity index (χ2v) is 6.25. The minimum absolute atomic E-state index is 0.129. The van der Waals surface area contributed by atoms with Crippen molar-refractivity contribution >= 4 is 34.8 Å². The van der Waals surface area contributed by atoms with Crippen LogP contribution in [0, 0.1) is 0 Å². The summed E-state index contributed by atoms with van der Waals surface area (Å²) in [6.45, 7) is 0.412. The van der Waals surface area contributed by atoms with Crippen molar-refractivity contribution in [1.29, 1.82) is 0 Å². The summed E-state index contributed by atoms with van der Waals surface area (Å²) < 4.78 is 1.68. The molecule has 0 unspecified atom stereocenters. The van der Waals surface area contributed by atoms with Gasteiger partial charge in [-0.05, 0) is 17.7 Å². The SMILES string of the molecule is O=C1c2ccccc2C(=O)c2cc(Cn3cnc(Cl)c3Cl)ccc21. The van der Waals surface area contributed by atoms with Gasteiger partial charge in [0, 0.05) is 28.8 Å². The van der Waals surface area contributed by atoms with Crippen molar-refractivity contribution in [3.05, 3.63) is 86.9 Å². The largest absolute Gasteiger partial charge is 0.316 e. The van der Waals surface area contributed by atoms with E-state index in [2.05, 4.69) is 4.98 Å². The van der Waals surface area contributed by atoms with Crippen LogP contribution in [0.15, 0.2) is 48.8 Å². The van der Waals surface area contributed by atoms with Gasteiger partial charge in [-0.3, -0.25) is 9.59 Å². The molecule has 3 aromatic rings. The molecule has 4 nitrogen and oxygen atoms in total. The molecular formula is C18H10Cl2N2O2. The molecule has 1 aliphatic rings. The number of rotatable bonds is 2. The molecule has 0 spiro atoms. The number of imidazole rings is 1. The molecule has 1 aliphatic carbocycles. The average molecular weight is 357 g/mol. The summed E-state index contributed by atoms with van der Waals surface area (Å²) in [7, 11) is 0. The van der Waals surface area contributed by atoms with E-state index < -0.39 is 0 Å². The van der Waals surface area contributed by atoms with E-state index in [9.17, 15) is 9.59 Å². The van der Waals surface area contributed by atoms with Crippen LogP contribution in [-0.4, -0.2) is 21.1 Å². The fourth-order valence-electron chi connectivity index (χ4n) is 2.89. The van der Waals surface area contributed by atoms with Crippen molar-refractivity contribution in [2.45, 2.75) is 6.54 Å². The normalized spacial score (nSPS) is 12.9. The Balaban J connectivity index is 1.77. The first kappa shape index (κ1) is 15.1. The summed E-state index contributed by atoms with van der Waals surface area (Å²) in [6.07, 6.45) is 1.53. The Morgan fingerprint density at radius 1 is 0.875 bits per heavy atom. The van der Waals surface area contributed by atoms with Gasteiger partial charge in [0.15, 0.2) is 16.7 Å². The maximum Gasteiger partial charge on any atom is 0.194 e. The first-order chi connectivity index (χ1) is 11.6. The smallest absolute Gasteiger partial charge is 0.194 e. The fourth-order valence-corrected chi connectivity index (χ4v) is 3.20. The maximum atomic E-state index is 12.7. The maximum absolute atomic E-state index is 12.7. The molecule has 6 heteroatoms. The molecule has 0 saturated carbocycles. The van der Waals surface area contributed by atoms with Gasteiger partial charge in [-0.25, -0.2) is 4.98 Å². The first-order valence-electron chi connectivity index (χ1n) is 7.23. The molecule has 0 N–H and O–H groups in total. The van der Waals surface area contributed by atoms with Crippen molar-refractivity contribution in [3.8, 4) is 0 Å². The number of fused-ring (bicyclic) bond motifs is 2. The Bertz CT molecular complexity index is 1010. The van der Waals surface area contributed by atoms with Crippen molar-refractivity contribution in [1.82, 2.24) is 9.55 Å². The molecule has 0 fully saturated rings. The van der Waals surface area contributed by atoms with Gasteiger partial charge in [-0.2, -0.15) is 0 Å². The third-order valence-electron chi connectivity index (χ3n) is 4.08.